The molecule has 3 rings (SSSR count). The monoisotopic (exact) mass is 355 g/mol. The lowest BCUT2D eigenvalue weighted by molar-refractivity contribution is -0.0705. The van der Waals surface area contributed by atoms with Crippen LogP contribution in [0.3, 0.4) is 0 Å². The summed E-state index contributed by atoms with van der Waals surface area (Å²) in [4.78, 5) is 0. The van der Waals surface area contributed by atoms with Crippen LogP contribution < -0.4 is 14.8 Å². The van der Waals surface area contributed by atoms with E-state index < -0.39 is 15.4 Å². The van der Waals surface area contributed by atoms with Gasteiger partial charge < -0.3 is 19.5 Å². The van der Waals surface area contributed by atoms with E-state index in [1.807, 2.05) is 18.2 Å². The predicted molar refractivity (Wildman–Crippen MR) is 91.4 cm³/mol. The molecule has 0 bridgehead atoms. The standard InChI is InChI=1S/C17H25NO5S/c1-21-15-7-13(8-16(9-15)22-2)11-18-14-3-5-23-17(10-14)4-6-24(19,20)12-17/h7-9,14,18H,3-6,10-12H2,1-2H3/t14-,17+/m1/s1. The Morgan fingerprint density at radius 2 is 1.96 bits per heavy atom. The number of rotatable bonds is 5. The van der Waals surface area contributed by atoms with Gasteiger partial charge in [0.15, 0.2) is 9.84 Å². The second kappa shape index (κ2) is 6.90. The average Bonchev–Trinajstić information content (AvgIpc) is 2.86. The number of nitrogens with one attached hydrogen (secondary N) is 1. The maximum absolute atomic E-state index is 11.8. The first-order valence-corrected chi connectivity index (χ1v) is 10.1. The molecule has 0 amide bonds. The van der Waals surface area contributed by atoms with E-state index in [0.717, 1.165) is 29.9 Å². The molecule has 1 N–H and O–H groups in total. The summed E-state index contributed by atoms with van der Waals surface area (Å²) in [6.07, 6.45) is 2.25. The molecule has 2 saturated heterocycles. The maximum atomic E-state index is 11.8. The fourth-order valence-corrected chi connectivity index (χ4v) is 5.57. The molecule has 2 aliphatic rings. The molecule has 6 nitrogen and oxygen atoms in total. The van der Waals surface area contributed by atoms with Crippen LogP contribution in [0.5, 0.6) is 11.5 Å². The third-order valence-corrected chi connectivity index (χ3v) is 6.64. The van der Waals surface area contributed by atoms with Crippen LogP contribution in [0, 0.1) is 0 Å². The molecule has 1 spiro atoms. The summed E-state index contributed by atoms with van der Waals surface area (Å²) >= 11 is 0. The van der Waals surface area contributed by atoms with E-state index in [4.69, 9.17) is 14.2 Å². The van der Waals surface area contributed by atoms with E-state index in [2.05, 4.69) is 5.32 Å². The quantitative estimate of drug-likeness (QED) is 0.863. The zero-order valence-electron chi connectivity index (χ0n) is 14.2. The van der Waals surface area contributed by atoms with Crippen LogP contribution in [0.4, 0.5) is 0 Å². The van der Waals surface area contributed by atoms with Gasteiger partial charge in [0.05, 0.1) is 31.3 Å². The predicted octanol–water partition coefficient (Wildman–Crippen LogP) is 1.53. The van der Waals surface area contributed by atoms with Crippen molar-refractivity contribution in [2.45, 2.75) is 37.5 Å². The minimum atomic E-state index is -2.95. The van der Waals surface area contributed by atoms with Gasteiger partial charge in [0.2, 0.25) is 0 Å². The van der Waals surface area contributed by atoms with Gasteiger partial charge in [-0.1, -0.05) is 0 Å². The Hall–Kier alpha value is -1.31. The Morgan fingerprint density at radius 1 is 1.25 bits per heavy atom. The number of ether oxygens (including phenoxy) is 3. The number of benzene rings is 1. The van der Waals surface area contributed by atoms with E-state index in [9.17, 15) is 8.42 Å². The van der Waals surface area contributed by atoms with Gasteiger partial charge >= 0.3 is 0 Å². The minimum Gasteiger partial charge on any atom is -0.497 e. The molecule has 2 heterocycles. The van der Waals surface area contributed by atoms with Crippen LogP contribution in [0.2, 0.25) is 0 Å². The molecule has 0 unspecified atom stereocenters. The lowest BCUT2D eigenvalue weighted by atomic mass is 9.90. The van der Waals surface area contributed by atoms with Crippen LogP contribution in [0.1, 0.15) is 24.8 Å². The minimum absolute atomic E-state index is 0.158. The van der Waals surface area contributed by atoms with Gasteiger partial charge in [0, 0.05) is 25.3 Å². The van der Waals surface area contributed by atoms with Crippen LogP contribution in [-0.2, 0) is 21.1 Å². The van der Waals surface area contributed by atoms with E-state index in [0.29, 0.717) is 19.6 Å². The summed E-state index contributed by atoms with van der Waals surface area (Å²) in [5, 5.41) is 3.53. The van der Waals surface area contributed by atoms with Crippen molar-refractivity contribution in [3.8, 4) is 11.5 Å². The molecule has 134 valence electrons. The summed E-state index contributed by atoms with van der Waals surface area (Å²) in [5.74, 6) is 1.92. The molecule has 0 radical (unpaired) electrons. The molecule has 24 heavy (non-hydrogen) atoms. The van der Waals surface area contributed by atoms with Gasteiger partial charge in [0.25, 0.3) is 0 Å². The molecule has 1 aromatic rings. The topological polar surface area (TPSA) is 73.9 Å². The van der Waals surface area contributed by atoms with Crippen molar-refractivity contribution in [3.63, 3.8) is 0 Å². The highest BCUT2D eigenvalue weighted by Gasteiger charge is 2.46. The summed E-state index contributed by atoms with van der Waals surface area (Å²) in [5.41, 5.74) is 0.590. The lowest BCUT2D eigenvalue weighted by Gasteiger charge is -2.37. The van der Waals surface area contributed by atoms with Crippen molar-refractivity contribution >= 4 is 9.84 Å². The van der Waals surface area contributed by atoms with Gasteiger partial charge in [-0.05, 0) is 37.0 Å². The molecule has 7 heteroatoms. The van der Waals surface area contributed by atoms with Crippen LogP contribution >= 0.6 is 0 Å². The Balaban J connectivity index is 1.63. The highest BCUT2D eigenvalue weighted by molar-refractivity contribution is 7.91. The van der Waals surface area contributed by atoms with Crippen molar-refractivity contribution in [1.29, 1.82) is 0 Å². The highest BCUT2D eigenvalue weighted by Crippen LogP contribution is 2.35. The first kappa shape index (κ1) is 17.5. The second-order valence-corrected chi connectivity index (χ2v) is 8.85. The largest absolute Gasteiger partial charge is 0.497 e. The second-order valence-electron chi connectivity index (χ2n) is 6.67. The summed E-state index contributed by atoms with van der Waals surface area (Å²) in [6, 6.07) is 6.05. The van der Waals surface area contributed by atoms with Gasteiger partial charge in [-0.2, -0.15) is 0 Å². The Morgan fingerprint density at radius 3 is 2.54 bits per heavy atom. The highest BCUT2D eigenvalue weighted by atomic mass is 32.2. The molecule has 2 atom stereocenters. The molecule has 1 aromatic carbocycles. The van der Waals surface area contributed by atoms with E-state index >= 15 is 0 Å². The number of sulfone groups is 1. The molecule has 0 aliphatic carbocycles. The lowest BCUT2D eigenvalue weighted by Crippen LogP contribution is -2.47. The van der Waals surface area contributed by atoms with Crippen molar-refractivity contribution in [3.05, 3.63) is 23.8 Å². The molecule has 2 aliphatic heterocycles. The molecular weight excluding hydrogens is 330 g/mol. The van der Waals surface area contributed by atoms with Crippen LogP contribution in [0.15, 0.2) is 18.2 Å². The van der Waals surface area contributed by atoms with Crippen molar-refractivity contribution in [2.75, 3.05) is 32.3 Å². The molecule has 0 aromatic heterocycles. The number of hydrogen-bond donors (Lipinski definition) is 1. The summed E-state index contributed by atoms with van der Waals surface area (Å²) in [7, 11) is 0.319. The van der Waals surface area contributed by atoms with E-state index in [1.54, 1.807) is 14.2 Å². The Kier molecular flexibility index (Phi) is 5.03. The van der Waals surface area contributed by atoms with Crippen molar-refractivity contribution in [1.82, 2.24) is 5.32 Å². The first-order valence-electron chi connectivity index (χ1n) is 8.23. The zero-order valence-corrected chi connectivity index (χ0v) is 15.0. The van der Waals surface area contributed by atoms with Crippen molar-refractivity contribution < 1.29 is 22.6 Å². The van der Waals surface area contributed by atoms with Crippen LogP contribution in [-0.4, -0.2) is 52.4 Å². The zero-order chi connectivity index (χ0) is 17.2. The van der Waals surface area contributed by atoms with Gasteiger partial charge in [-0.15, -0.1) is 0 Å². The maximum Gasteiger partial charge on any atom is 0.153 e. The fourth-order valence-electron chi connectivity index (χ4n) is 3.59. The number of methoxy groups -OCH3 is 2. The van der Waals surface area contributed by atoms with Gasteiger partial charge in [-0.25, -0.2) is 8.42 Å². The normalized spacial score (nSPS) is 28.8. The van der Waals surface area contributed by atoms with Crippen molar-refractivity contribution in [2.24, 2.45) is 0 Å². The smallest absolute Gasteiger partial charge is 0.153 e. The molecule has 2 fully saturated rings. The van der Waals surface area contributed by atoms with Gasteiger partial charge in [-0.3, -0.25) is 0 Å². The third-order valence-electron chi connectivity index (χ3n) is 4.85. The Bertz CT molecular complexity index is 668. The molecular formula is C17H25NO5S. The SMILES string of the molecule is COc1cc(CN[C@@H]2CCO[C@@]3(CCS(=O)(=O)C3)C2)cc(OC)c1. The Labute approximate surface area is 143 Å². The fraction of sp³-hybridized carbons (Fsp3) is 0.647. The molecule has 0 saturated carbocycles. The number of hydrogen-bond acceptors (Lipinski definition) is 6. The first-order chi connectivity index (χ1) is 11.4. The third kappa shape index (κ3) is 4.02. The van der Waals surface area contributed by atoms with Crippen LogP contribution in [0.25, 0.3) is 0 Å². The average molecular weight is 355 g/mol. The van der Waals surface area contributed by atoms with E-state index in [-0.39, 0.29) is 17.5 Å². The van der Waals surface area contributed by atoms with E-state index in [1.165, 1.54) is 0 Å². The summed E-state index contributed by atoms with van der Waals surface area (Å²) in [6.45, 7) is 1.29. The summed E-state index contributed by atoms with van der Waals surface area (Å²) < 4.78 is 40.1. The van der Waals surface area contributed by atoms with Gasteiger partial charge in [0.1, 0.15) is 11.5 Å².